The summed E-state index contributed by atoms with van der Waals surface area (Å²) < 4.78 is 21.4. The van der Waals surface area contributed by atoms with Crippen molar-refractivity contribution in [1.82, 2.24) is 0 Å². The van der Waals surface area contributed by atoms with E-state index < -0.39 is 5.97 Å². The minimum Gasteiger partial charge on any atom is -0.457 e. The van der Waals surface area contributed by atoms with Crippen LogP contribution in [0.25, 0.3) is 0 Å². The lowest BCUT2D eigenvalue weighted by Crippen LogP contribution is -2.28. The van der Waals surface area contributed by atoms with Crippen molar-refractivity contribution in [3.8, 4) is 0 Å². The van der Waals surface area contributed by atoms with Gasteiger partial charge in [-0.1, -0.05) is 6.58 Å². The van der Waals surface area contributed by atoms with Crippen molar-refractivity contribution >= 4 is 5.97 Å². The SMILES string of the molecule is C=CC(=O)OC(C)COC(C)COC(C)COC(C)CO. The molecule has 0 saturated carbocycles. The Labute approximate surface area is 127 Å². The van der Waals surface area contributed by atoms with E-state index >= 15 is 0 Å². The summed E-state index contributed by atoms with van der Waals surface area (Å²) in [4.78, 5) is 11.0. The summed E-state index contributed by atoms with van der Waals surface area (Å²) >= 11 is 0. The summed E-state index contributed by atoms with van der Waals surface area (Å²) in [5.41, 5.74) is 0. The first kappa shape index (κ1) is 20.1. The Kier molecular flexibility index (Phi) is 11.2. The molecule has 0 aliphatic carbocycles. The summed E-state index contributed by atoms with van der Waals surface area (Å²) in [6.07, 6.45) is 0.404. The Morgan fingerprint density at radius 1 is 0.952 bits per heavy atom. The molecule has 0 fully saturated rings. The predicted molar refractivity (Wildman–Crippen MR) is 79.1 cm³/mol. The highest BCUT2D eigenvalue weighted by Crippen LogP contribution is 2.02. The van der Waals surface area contributed by atoms with Gasteiger partial charge in [0.25, 0.3) is 0 Å². The van der Waals surface area contributed by atoms with E-state index in [9.17, 15) is 4.79 Å². The van der Waals surface area contributed by atoms with Gasteiger partial charge in [-0.15, -0.1) is 0 Å². The smallest absolute Gasteiger partial charge is 0.330 e. The van der Waals surface area contributed by atoms with Crippen molar-refractivity contribution in [3.05, 3.63) is 12.7 Å². The monoisotopic (exact) mass is 304 g/mol. The first-order valence-corrected chi connectivity index (χ1v) is 7.17. The predicted octanol–water partition coefficient (Wildman–Crippen LogP) is 1.31. The van der Waals surface area contributed by atoms with Crippen LogP contribution >= 0.6 is 0 Å². The molecule has 6 heteroatoms. The van der Waals surface area contributed by atoms with Crippen LogP contribution in [-0.4, -0.2) is 61.9 Å². The number of aliphatic hydroxyl groups excluding tert-OH is 1. The van der Waals surface area contributed by atoms with E-state index in [0.29, 0.717) is 19.8 Å². The van der Waals surface area contributed by atoms with Crippen LogP contribution in [0.4, 0.5) is 0 Å². The molecule has 6 nitrogen and oxygen atoms in total. The van der Waals surface area contributed by atoms with E-state index in [1.807, 2.05) is 13.8 Å². The molecule has 0 heterocycles. The Hall–Kier alpha value is -0.950. The standard InChI is InChI=1S/C15H28O6/c1-6-15(17)21-14(5)10-20-13(4)9-19-12(3)8-18-11(2)7-16/h6,11-14,16H,1,7-10H2,2-5H3. The molecule has 0 aromatic rings. The largest absolute Gasteiger partial charge is 0.457 e. The van der Waals surface area contributed by atoms with Gasteiger partial charge in [-0.2, -0.15) is 0 Å². The van der Waals surface area contributed by atoms with E-state index in [-0.39, 0.29) is 31.0 Å². The zero-order chi connectivity index (χ0) is 16.3. The molecule has 0 bridgehead atoms. The summed E-state index contributed by atoms with van der Waals surface area (Å²) in [5, 5.41) is 8.84. The molecule has 4 unspecified atom stereocenters. The molecule has 124 valence electrons. The molecular weight excluding hydrogens is 276 g/mol. The second-order valence-electron chi connectivity index (χ2n) is 5.07. The normalized spacial score (nSPS) is 16.8. The van der Waals surface area contributed by atoms with Crippen LogP contribution in [0.5, 0.6) is 0 Å². The quantitative estimate of drug-likeness (QED) is 0.433. The first-order chi connectivity index (χ1) is 9.88. The van der Waals surface area contributed by atoms with E-state index in [1.54, 1.807) is 13.8 Å². The molecular formula is C15H28O6. The van der Waals surface area contributed by atoms with Gasteiger partial charge >= 0.3 is 5.97 Å². The third-order valence-corrected chi connectivity index (χ3v) is 2.59. The van der Waals surface area contributed by atoms with Crippen molar-refractivity contribution in [3.63, 3.8) is 0 Å². The molecule has 1 N–H and O–H groups in total. The van der Waals surface area contributed by atoms with Gasteiger partial charge in [-0.25, -0.2) is 4.79 Å². The molecule has 0 aliphatic heterocycles. The summed E-state index contributed by atoms with van der Waals surface area (Å²) in [6, 6.07) is 0. The zero-order valence-electron chi connectivity index (χ0n) is 13.4. The van der Waals surface area contributed by atoms with Gasteiger partial charge in [0.2, 0.25) is 0 Å². The maximum Gasteiger partial charge on any atom is 0.330 e. The lowest BCUT2D eigenvalue weighted by molar-refractivity contribution is -0.147. The van der Waals surface area contributed by atoms with Crippen LogP contribution in [0.3, 0.4) is 0 Å². The van der Waals surface area contributed by atoms with Gasteiger partial charge in [-0.3, -0.25) is 0 Å². The molecule has 0 aliphatic rings. The fourth-order valence-electron chi connectivity index (χ4n) is 1.33. The number of hydrogen-bond acceptors (Lipinski definition) is 6. The first-order valence-electron chi connectivity index (χ1n) is 7.17. The maximum atomic E-state index is 11.0. The number of aliphatic hydroxyl groups is 1. The number of esters is 1. The van der Waals surface area contributed by atoms with Gasteiger partial charge in [0.05, 0.1) is 44.7 Å². The lowest BCUT2D eigenvalue weighted by Gasteiger charge is -2.20. The van der Waals surface area contributed by atoms with Gasteiger partial charge in [0.15, 0.2) is 0 Å². The highest BCUT2D eigenvalue weighted by atomic mass is 16.6. The van der Waals surface area contributed by atoms with Crippen LogP contribution < -0.4 is 0 Å². The van der Waals surface area contributed by atoms with Gasteiger partial charge in [-0.05, 0) is 27.7 Å². The molecule has 0 saturated heterocycles. The Bertz CT molecular complexity index is 294. The highest BCUT2D eigenvalue weighted by molar-refractivity contribution is 5.81. The zero-order valence-corrected chi connectivity index (χ0v) is 13.4. The Morgan fingerprint density at radius 2 is 1.38 bits per heavy atom. The van der Waals surface area contributed by atoms with Gasteiger partial charge < -0.3 is 24.1 Å². The van der Waals surface area contributed by atoms with E-state index in [4.69, 9.17) is 24.1 Å². The number of hydrogen-bond donors (Lipinski definition) is 1. The molecule has 0 amide bonds. The van der Waals surface area contributed by atoms with Crippen molar-refractivity contribution in [2.24, 2.45) is 0 Å². The molecule has 0 rings (SSSR count). The number of ether oxygens (including phenoxy) is 4. The third-order valence-electron chi connectivity index (χ3n) is 2.59. The second kappa shape index (κ2) is 11.7. The molecule has 0 aromatic carbocycles. The second-order valence-corrected chi connectivity index (χ2v) is 5.07. The third kappa shape index (κ3) is 11.4. The Balaban J connectivity index is 3.71. The molecule has 0 radical (unpaired) electrons. The summed E-state index contributed by atoms with van der Waals surface area (Å²) in [7, 11) is 0. The minimum absolute atomic E-state index is 0.00640. The van der Waals surface area contributed by atoms with Crippen LogP contribution in [-0.2, 0) is 23.7 Å². The van der Waals surface area contributed by atoms with Gasteiger partial charge in [0.1, 0.15) is 6.10 Å². The average molecular weight is 304 g/mol. The Morgan fingerprint density at radius 3 is 1.81 bits per heavy atom. The van der Waals surface area contributed by atoms with E-state index in [0.717, 1.165) is 6.08 Å². The molecule has 21 heavy (non-hydrogen) atoms. The van der Waals surface area contributed by atoms with E-state index in [2.05, 4.69) is 6.58 Å². The lowest BCUT2D eigenvalue weighted by atomic mass is 10.3. The van der Waals surface area contributed by atoms with E-state index in [1.165, 1.54) is 0 Å². The fraction of sp³-hybridized carbons (Fsp3) is 0.800. The summed E-state index contributed by atoms with van der Waals surface area (Å²) in [6.45, 7) is 11.8. The maximum absolute atomic E-state index is 11.0. The minimum atomic E-state index is -0.459. The highest BCUT2D eigenvalue weighted by Gasteiger charge is 2.12. The van der Waals surface area contributed by atoms with Crippen molar-refractivity contribution < 1.29 is 28.8 Å². The van der Waals surface area contributed by atoms with Gasteiger partial charge in [0, 0.05) is 6.08 Å². The summed E-state index contributed by atoms with van der Waals surface area (Å²) in [5.74, 6) is -0.459. The van der Waals surface area contributed by atoms with Crippen LogP contribution in [0, 0.1) is 0 Å². The fourth-order valence-corrected chi connectivity index (χ4v) is 1.33. The molecule has 4 atom stereocenters. The molecule has 0 aromatic heterocycles. The van der Waals surface area contributed by atoms with Crippen LogP contribution in [0.2, 0.25) is 0 Å². The topological polar surface area (TPSA) is 74.2 Å². The van der Waals surface area contributed by atoms with Crippen molar-refractivity contribution in [2.45, 2.75) is 52.1 Å². The molecule has 0 spiro atoms. The number of carbonyl (C=O) groups is 1. The van der Waals surface area contributed by atoms with Crippen molar-refractivity contribution in [1.29, 1.82) is 0 Å². The van der Waals surface area contributed by atoms with Crippen LogP contribution in [0.15, 0.2) is 12.7 Å². The number of carbonyl (C=O) groups excluding carboxylic acids is 1. The van der Waals surface area contributed by atoms with Crippen molar-refractivity contribution in [2.75, 3.05) is 26.4 Å². The average Bonchev–Trinajstić information content (AvgIpc) is 2.47. The number of rotatable bonds is 12. The van der Waals surface area contributed by atoms with Crippen LogP contribution in [0.1, 0.15) is 27.7 Å².